The molecule has 24 heavy (non-hydrogen) atoms. The van der Waals surface area contributed by atoms with Crippen molar-refractivity contribution in [1.29, 1.82) is 0 Å². The molecular formula is C16H20N2O4S2. The van der Waals surface area contributed by atoms with E-state index in [2.05, 4.69) is 4.72 Å². The summed E-state index contributed by atoms with van der Waals surface area (Å²) >= 11 is 0. The van der Waals surface area contributed by atoms with E-state index < -0.39 is 20.0 Å². The van der Waals surface area contributed by atoms with E-state index >= 15 is 0 Å². The van der Waals surface area contributed by atoms with Crippen molar-refractivity contribution in [3.05, 3.63) is 60.2 Å². The fourth-order valence-corrected chi connectivity index (χ4v) is 4.10. The molecule has 1 unspecified atom stereocenters. The summed E-state index contributed by atoms with van der Waals surface area (Å²) in [5.41, 5.74) is 1.04. The van der Waals surface area contributed by atoms with E-state index in [1.165, 1.54) is 18.2 Å². The van der Waals surface area contributed by atoms with Gasteiger partial charge in [-0.3, -0.25) is 0 Å². The van der Waals surface area contributed by atoms with Gasteiger partial charge in [-0.1, -0.05) is 43.3 Å². The van der Waals surface area contributed by atoms with Crippen LogP contribution in [0, 0.1) is 0 Å². The van der Waals surface area contributed by atoms with Gasteiger partial charge in [0.1, 0.15) is 0 Å². The Bertz CT molecular complexity index is 895. The summed E-state index contributed by atoms with van der Waals surface area (Å²) in [6.07, 6.45) is 0.768. The predicted molar refractivity (Wildman–Crippen MR) is 92.5 cm³/mol. The number of nitrogens with one attached hydrogen (secondary N) is 1. The Morgan fingerprint density at radius 3 is 2.17 bits per heavy atom. The molecular weight excluding hydrogens is 348 g/mol. The van der Waals surface area contributed by atoms with Gasteiger partial charge in [-0.2, -0.15) is 0 Å². The zero-order valence-corrected chi connectivity index (χ0v) is 14.8. The number of benzene rings is 2. The van der Waals surface area contributed by atoms with E-state index in [0.29, 0.717) is 0 Å². The van der Waals surface area contributed by atoms with E-state index in [1.807, 2.05) is 37.3 Å². The van der Waals surface area contributed by atoms with Crippen LogP contribution in [0.3, 0.4) is 0 Å². The lowest BCUT2D eigenvalue weighted by atomic mass is 9.97. The second kappa shape index (κ2) is 7.43. The Balaban J connectivity index is 2.20. The molecule has 0 amide bonds. The monoisotopic (exact) mass is 368 g/mol. The smallest absolute Gasteiger partial charge is 0.225 e. The minimum atomic E-state index is -3.96. The second-order valence-electron chi connectivity index (χ2n) is 5.39. The first-order chi connectivity index (χ1) is 11.2. The van der Waals surface area contributed by atoms with Gasteiger partial charge in [0.15, 0.2) is 0 Å². The number of hydrogen-bond donors (Lipinski definition) is 2. The average molecular weight is 368 g/mol. The van der Waals surface area contributed by atoms with Crippen LogP contribution in [0.15, 0.2) is 64.4 Å². The van der Waals surface area contributed by atoms with Crippen LogP contribution in [0.5, 0.6) is 0 Å². The molecule has 0 saturated heterocycles. The Hall–Kier alpha value is -1.74. The quantitative estimate of drug-likeness (QED) is 0.777. The molecule has 0 aromatic heterocycles. The molecule has 1 atom stereocenters. The summed E-state index contributed by atoms with van der Waals surface area (Å²) in [7, 11) is -7.78. The molecule has 6 nitrogen and oxygen atoms in total. The fraction of sp³-hybridized carbons (Fsp3) is 0.250. The van der Waals surface area contributed by atoms with Crippen LogP contribution in [-0.2, 0) is 20.0 Å². The Morgan fingerprint density at radius 1 is 0.958 bits per heavy atom. The molecule has 0 bridgehead atoms. The maximum absolute atomic E-state index is 12.4. The maximum atomic E-state index is 12.4. The molecule has 0 radical (unpaired) electrons. The molecule has 2 aromatic rings. The number of nitrogens with two attached hydrogens (primary N) is 1. The molecule has 2 aromatic carbocycles. The van der Waals surface area contributed by atoms with Crippen LogP contribution in [0.1, 0.15) is 24.8 Å². The van der Waals surface area contributed by atoms with Crippen molar-refractivity contribution in [3.8, 4) is 0 Å². The van der Waals surface area contributed by atoms with E-state index in [4.69, 9.17) is 5.14 Å². The first-order valence-electron chi connectivity index (χ1n) is 7.41. The molecule has 0 aliphatic rings. The SMILES string of the molecule is CCC(CNS(=O)(=O)c1cccc(S(N)(=O)=O)c1)c1ccccc1. The highest BCUT2D eigenvalue weighted by Crippen LogP contribution is 2.20. The Kier molecular flexibility index (Phi) is 5.76. The third-order valence-corrected chi connectivity index (χ3v) is 6.06. The first-order valence-corrected chi connectivity index (χ1v) is 10.4. The van der Waals surface area contributed by atoms with Gasteiger partial charge in [-0.25, -0.2) is 26.7 Å². The van der Waals surface area contributed by atoms with Crippen molar-refractivity contribution < 1.29 is 16.8 Å². The average Bonchev–Trinajstić information content (AvgIpc) is 2.56. The zero-order valence-electron chi connectivity index (χ0n) is 13.2. The summed E-state index contributed by atoms with van der Waals surface area (Å²) in [5.74, 6) is 0.0300. The molecule has 130 valence electrons. The van der Waals surface area contributed by atoms with Crippen molar-refractivity contribution in [2.45, 2.75) is 29.1 Å². The third kappa shape index (κ3) is 4.64. The van der Waals surface area contributed by atoms with Crippen molar-refractivity contribution in [2.24, 2.45) is 5.14 Å². The number of hydrogen-bond acceptors (Lipinski definition) is 4. The number of primary sulfonamides is 1. The normalized spacial score (nSPS) is 13.6. The summed E-state index contributed by atoms with van der Waals surface area (Å²) in [4.78, 5) is -0.364. The minimum absolute atomic E-state index is 0.0300. The number of rotatable bonds is 7. The molecule has 0 aliphatic carbocycles. The van der Waals surface area contributed by atoms with Gasteiger partial charge in [0.2, 0.25) is 20.0 Å². The Morgan fingerprint density at radius 2 is 1.58 bits per heavy atom. The molecule has 0 aliphatic heterocycles. The van der Waals surface area contributed by atoms with Gasteiger partial charge in [0.05, 0.1) is 9.79 Å². The van der Waals surface area contributed by atoms with E-state index in [0.717, 1.165) is 18.1 Å². The van der Waals surface area contributed by atoms with Crippen molar-refractivity contribution in [3.63, 3.8) is 0 Å². The molecule has 8 heteroatoms. The highest BCUT2D eigenvalue weighted by atomic mass is 32.2. The van der Waals surface area contributed by atoms with Crippen LogP contribution in [0.2, 0.25) is 0 Å². The lowest BCUT2D eigenvalue weighted by molar-refractivity contribution is 0.566. The van der Waals surface area contributed by atoms with Gasteiger partial charge in [-0.05, 0) is 36.1 Å². The summed E-state index contributed by atoms with van der Waals surface area (Å²) < 4.78 is 50.1. The molecule has 0 saturated carbocycles. The highest BCUT2D eigenvalue weighted by molar-refractivity contribution is 7.90. The number of sulfonamides is 2. The molecule has 0 heterocycles. The van der Waals surface area contributed by atoms with Gasteiger partial charge >= 0.3 is 0 Å². The Labute approximate surface area is 142 Å². The van der Waals surface area contributed by atoms with Crippen LogP contribution >= 0.6 is 0 Å². The van der Waals surface area contributed by atoms with Crippen LogP contribution in [-0.4, -0.2) is 23.4 Å². The van der Waals surface area contributed by atoms with Gasteiger partial charge in [0, 0.05) is 6.54 Å². The van der Waals surface area contributed by atoms with Crippen LogP contribution < -0.4 is 9.86 Å². The van der Waals surface area contributed by atoms with Crippen molar-refractivity contribution in [1.82, 2.24) is 4.72 Å². The molecule has 2 rings (SSSR count). The van der Waals surface area contributed by atoms with Gasteiger partial charge < -0.3 is 0 Å². The molecule has 3 N–H and O–H groups in total. The summed E-state index contributed by atoms with van der Waals surface area (Å²) in [6.45, 7) is 2.20. The predicted octanol–water partition coefficient (Wildman–Crippen LogP) is 1.81. The van der Waals surface area contributed by atoms with Gasteiger partial charge in [0.25, 0.3) is 0 Å². The first kappa shape index (κ1) is 18.6. The molecule has 0 spiro atoms. The highest BCUT2D eigenvalue weighted by Gasteiger charge is 2.19. The summed E-state index contributed by atoms with van der Waals surface area (Å²) in [5, 5.41) is 5.05. The third-order valence-electron chi connectivity index (χ3n) is 3.73. The van der Waals surface area contributed by atoms with E-state index in [9.17, 15) is 16.8 Å². The van der Waals surface area contributed by atoms with Crippen LogP contribution in [0.25, 0.3) is 0 Å². The maximum Gasteiger partial charge on any atom is 0.240 e. The largest absolute Gasteiger partial charge is 0.240 e. The fourth-order valence-electron chi connectivity index (χ4n) is 2.34. The summed E-state index contributed by atoms with van der Waals surface area (Å²) in [6, 6.07) is 14.6. The zero-order chi connectivity index (χ0) is 17.8. The minimum Gasteiger partial charge on any atom is -0.225 e. The second-order valence-corrected chi connectivity index (χ2v) is 8.72. The van der Waals surface area contributed by atoms with Crippen LogP contribution in [0.4, 0.5) is 0 Å². The van der Waals surface area contributed by atoms with E-state index in [1.54, 1.807) is 0 Å². The van der Waals surface area contributed by atoms with Crippen molar-refractivity contribution in [2.75, 3.05) is 6.54 Å². The van der Waals surface area contributed by atoms with Gasteiger partial charge in [-0.15, -0.1) is 0 Å². The topological polar surface area (TPSA) is 106 Å². The molecule has 0 fully saturated rings. The van der Waals surface area contributed by atoms with E-state index in [-0.39, 0.29) is 22.3 Å². The van der Waals surface area contributed by atoms with Crippen molar-refractivity contribution >= 4 is 20.0 Å². The lowest BCUT2D eigenvalue weighted by Gasteiger charge is -2.16. The lowest BCUT2D eigenvalue weighted by Crippen LogP contribution is -2.28. The standard InChI is InChI=1S/C16H20N2O4S2/c1-2-13(14-7-4-3-5-8-14)12-18-24(21,22)16-10-6-9-15(11-16)23(17,19)20/h3-11,13,18H,2,12H2,1H3,(H2,17,19,20).